The van der Waals surface area contributed by atoms with Gasteiger partial charge in [-0.2, -0.15) is 11.8 Å². The van der Waals surface area contributed by atoms with E-state index in [0.717, 1.165) is 31.1 Å². The number of fused-ring (bicyclic) bond motifs is 2. The summed E-state index contributed by atoms with van der Waals surface area (Å²) in [6.07, 6.45) is 7.51. The third-order valence-electron chi connectivity index (χ3n) is 5.98. The Kier molecular flexibility index (Phi) is 5.85. The minimum absolute atomic E-state index is 0.169. The van der Waals surface area contributed by atoms with Crippen molar-refractivity contribution in [1.29, 1.82) is 0 Å². The van der Waals surface area contributed by atoms with E-state index in [4.69, 9.17) is 0 Å². The Hall–Kier alpha value is -2.41. The molecule has 0 unspecified atom stereocenters. The Morgan fingerprint density at radius 2 is 1.86 bits per heavy atom. The molecule has 2 aliphatic rings. The summed E-state index contributed by atoms with van der Waals surface area (Å²) < 4.78 is 0. The third-order valence-corrected chi connectivity index (χ3v) is 6.62. The number of thioether (sulfide) groups is 1. The molecule has 1 saturated heterocycles. The van der Waals surface area contributed by atoms with E-state index in [9.17, 15) is 14.4 Å². The molecule has 1 N–H and O–H groups in total. The van der Waals surface area contributed by atoms with Crippen molar-refractivity contribution in [3.05, 3.63) is 36.5 Å². The summed E-state index contributed by atoms with van der Waals surface area (Å²) in [7, 11) is 0. The summed E-state index contributed by atoms with van der Waals surface area (Å²) in [6, 6.07) is 8.58. The largest absolute Gasteiger partial charge is 0.322 e. The van der Waals surface area contributed by atoms with E-state index in [1.807, 2.05) is 30.5 Å². The highest BCUT2D eigenvalue weighted by atomic mass is 32.2. The fraction of sp³-hybridized carbons (Fsp3) is 0.455. The lowest BCUT2D eigenvalue weighted by Gasteiger charge is -2.26. The van der Waals surface area contributed by atoms with Crippen molar-refractivity contribution in [3.63, 3.8) is 0 Å². The monoisotopic (exact) mass is 411 g/mol. The number of hydrogen-bond acceptors (Lipinski definition) is 5. The van der Waals surface area contributed by atoms with Gasteiger partial charge in [0.2, 0.25) is 17.7 Å². The minimum Gasteiger partial charge on any atom is -0.322 e. The van der Waals surface area contributed by atoms with Gasteiger partial charge in [-0.05, 0) is 43.4 Å². The SMILES string of the molecule is CSCC[C@@H](C(=O)Nc1cccc2cccnc12)N1C(=O)[C@H]2CCCC[C@H]2C1=O. The minimum atomic E-state index is -0.785. The van der Waals surface area contributed by atoms with Gasteiger partial charge in [-0.3, -0.25) is 24.3 Å². The van der Waals surface area contributed by atoms with Crippen LogP contribution in [0.1, 0.15) is 32.1 Å². The van der Waals surface area contributed by atoms with Gasteiger partial charge in [0.25, 0.3) is 0 Å². The van der Waals surface area contributed by atoms with Crippen LogP contribution in [0.15, 0.2) is 36.5 Å². The predicted octanol–water partition coefficient (Wildman–Crippen LogP) is 3.47. The molecule has 1 aliphatic carbocycles. The topological polar surface area (TPSA) is 79.4 Å². The number of amides is 3. The molecule has 4 rings (SSSR count). The maximum atomic E-state index is 13.3. The van der Waals surface area contributed by atoms with Crippen molar-refractivity contribution in [3.8, 4) is 0 Å². The van der Waals surface area contributed by atoms with E-state index in [2.05, 4.69) is 10.3 Å². The van der Waals surface area contributed by atoms with Crippen molar-refractivity contribution in [2.75, 3.05) is 17.3 Å². The average molecular weight is 412 g/mol. The lowest BCUT2D eigenvalue weighted by molar-refractivity contribution is -0.146. The number of rotatable bonds is 6. The highest BCUT2D eigenvalue weighted by Gasteiger charge is 2.51. The zero-order chi connectivity index (χ0) is 20.4. The number of nitrogens with zero attached hydrogens (tertiary/aromatic N) is 2. The molecule has 0 radical (unpaired) electrons. The van der Waals surface area contributed by atoms with Crippen molar-refractivity contribution in [2.45, 2.75) is 38.1 Å². The predicted molar refractivity (Wildman–Crippen MR) is 114 cm³/mol. The lowest BCUT2D eigenvalue weighted by Crippen LogP contribution is -2.48. The summed E-state index contributed by atoms with van der Waals surface area (Å²) in [5.74, 6) is -0.468. The Labute approximate surface area is 174 Å². The van der Waals surface area contributed by atoms with Crippen LogP contribution in [0.25, 0.3) is 10.9 Å². The Balaban J connectivity index is 1.61. The Bertz CT molecular complexity index is 919. The van der Waals surface area contributed by atoms with Gasteiger partial charge in [-0.15, -0.1) is 0 Å². The number of pyridine rings is 1. The third kappa shape index (κ3) is 3.75. The van der Waals surface area contributed by atoms with Gasteiger partial charge in [-0.1, -0.05) is 31.0 Å². The average Bonchev–Trinajstić information content (AvgIpc) is 3.00. The molecule has 7 heteroatoms. The number of hydrogen-bond donors (Lipinski definition) is 1. The highest BCUT2D eigenvalue weighted by Crippen LogP contribution is 2.39. The van der Waals surface area contributed by atoms with Crippen LogP contribution in [0.4, 0.5) is 5.69 Å². The normalized spacial score (nSPS) is 22.6. The maximum Gasteiger partial charge on any atom is 0.247 e. The number of carbonyl (C=O) groups is 3. The standard InChI is InChI=1S/C22H25N3O3S/c1-29-13-11-18(25-21(27)15-8-2-3-9-16(15)22(25)28)20(26)24-17-10-4-6-14-7-5-12-23-19(14)17/h4-7,10,12,15-16,18H,2-3,8-9,11,13H2,1H3,(H,24,26)/t15-,16+,18-/m0/s1. The second-order valence-electron chi connectivity index (χ2n) is 7.71. The van der Waals surface area contributed by atoms with Gasteiger partial charge in [0, 0.05) is 11.6 Å². The van der Waals surface area contributed by atoms with Crippen molar-refractivity contribution in [1.82, 2.24) is 9.88 Å². The van der Waals surface area contributed by atoms with Gasteiger partial charge in [0.15, 0.2) is 0 Å². The van der Waals surface area contributed by atoms with Crippen LogP contribution < -0.4 is 5.32 Å². The summed E-state index contributed by atoms with van der Waals surface area (Å²) in [6.45, 7) is 0. The maximum absolute atomic E-state index is 13.3. The molecule has 3 amide bonds. The van der Waals surface area contributed by atoms with Gasteiger partial charge in [0.05, 0.1) is 23.0 Å². The van der Waals surface area contributed by atoms with Crippen LogP contribution in [0, 0.1) is 11.8 Å². The first-order valence-electron chi connectivity index (χ1n) is 10.1. The zero-order valence-corrected chi connectivity index (χ0v) is 17.3. The first kappa shape index (κ1) is 19.9. The molecular formula is C22H25N3O3S. The molecule has 0 spiro atoms. The number of benzene rings is 1. The lowest BCUT2D eigenvalue weighted by atomic mass is 9.81. The number of aromatic nitrogens is 1. The molecule has 2 fully saturated rings. The molecule has 2 heterocycles. The van der Waals surface area contributed by atoms with Crippen molar-refractivity contribution < 1.29 is 14.4 Å². The van der Waals surface area contributed by atoms with E-state index >= 15 is 0 Å². The van der Waals surface area contributed by atoms with Gasteiger partial charge in [0.1, 0.15) is 6.04 Å². The van der Waals surface area contributed by atoms with Crippen LogP contribution in [-0.2, 0) is 14.4 Å². The van der Waals surface area contributed by atoms with E-state index in [1.54, 1.807) is 24.0 Å². The van der Waals surface area contributed by atoms with Crippen molar-refractivity contribution in [2.24, 2.45) is 11.8 Å². The molecule has 6 nitrogen and oxygen atoms in total. The fourth-order valence-corrected chi connectivity index (χ4v) is 4.98. The number of imide groups is 1. The van der Waals surface area contributed by atoms with E-state index in [0.29, 0.717) is 23.4 Å². The number of likely N-dealkylation sites (tertiary alicyclic amines) is 1. The second kappa shape index (κ2) is 8.53. The van der Waals surface area contributed by atoms with Crippen LogP contribution in [0.2, 0.25) is 0 Å². The highest BCUT2D eigenvalue weighted by molar-refractivity contribution is 7.98. The van der Waals surface area contributed by atoms with E-state index in [1.165, 1.54) is 4.90 Å². The van der Waals surface area contributed by atoms with Crippen LogP contribution in [0.5, 0.6) is 0 Å². The number of nitrogens with one attached hydrogen (secondary N) is 1. The molecule has 0 bridgehead atoms. The molecule has 1 saturated carbocycles. The quantitative estimate of drug-likeness (QED) is 0.737. The second-order valence-corrected chi connectivity index (χ2v) is 8.70. The van der Waals surface area contributed by atoms with Crippen LogP contribution in [-0.4, -0.2) is 45.7 Å². The molecule has 29 heavy (non-hydrogen) atoms. The van der Waals surface area contributed by atoms with Crippen LogP contribution in [0.3, 0.4) is 0 Å². The van der Waals surface area contributed by atoms with E-state index < -0.39 is 6.04 Å². The molecule has 3 atom stereocenters. The number of anilines is 1. The van der Waals surface area contributed by atoms with Crippen LogP contribution >= 0.6 is 11.8 Å². The Morgan fingerprint density at radius 3 is 2.55 bits per heavy atom. The number of para-hydroxylation sites is 1. The smallest absolute Gasteiger partial charge is 0.247 e. The van der Waals surface area contributed by atoms with Gasteiger partial charge < -0.3 is 5.32 Å². The summed E-state index contributed by atoms with van der Waals surface area (Å²) in [5.41, 5.74) is 1.29. The number of carbonyl (C=O) groups excluding carboxylic acids is 3. The Morgan fingerprint density at radius 1 is 1.17 bits per heavy atom. The first-order valence-corrected chi connectivity index (χ1v) is 11.5. The van der Waals surface area contributed by atoms with E-state index in [-0.39, 0.29) is 29.6 Å². The summed E-state index contributed by atoms with van der Waals surface area (Å²) in [4.78, 5) is 45.0. The molecule has 1 aliphatic heterocycles. The molecule has 1 aromatic heterocycles. The first-order chi connectivity index (χ1) is 14.1. The molecule has 152 valence electrons. The molecular weight excluding hydrogens is 386 g/mol. The summed E-state index contributed by atoms with van der Waals surface area (Å²) >= 11 is 1.60. The molecule has 2 aromatic rings. The van der Waals surface area contributed by atoms with Gasteiger partial charge >= 0.3 is 0 Å². The molecule has 1 aromatic carbocycles. The van der Waals surface area contributed by atoms with Crippen molar-refractivity contribution >= 4 is 46.1 Å². The fourth-order valence-electron chi connectivity index (χ4n) is 4.52. The van der Waals surface area contributed by atoms with Gasteiger partial charge in [-0.25, -0.2) is 0 Å². The zero-order valence-electron chi connectivity index (χ0n) is 16.5. The summed E-state index contributed by atoms with van der Waals surface area (Å²) in [5, 5.41) is 3.86.